The summed E-state index contributed by atoms with van der Waals surface area (Å²) < 4.78 is 5.44. The second kappa shape index (κ2) is 5.77. The molecule has 86 valence electrons. The van der Waals surface area contributed by atoms with Crippen LogP contribution in [0, 0.1) is 0 Å². The van der Waals surface area contributed by atoms with Crippen LogP contribution >= 0.6 is 0 Å². The fourth-order valence-corrected chi connectivity index (χ4v) is 1.28. The molecule has 1 aromatic carbocycles. The lowest BCUT2D eigenvalue weighted by atomic mass is 10.2. The van der Waals surface area contributed by atoms with Gasteiger partial charge in [0.25, 0.3) is 0 Å². The van der Waals surface area contributed by atoms with Gasteiger partial charge < -0.3 is 9.84 Å². The lowest BCUT2D eigenvalue weighted by Gasteiger charge is -2.02. The summed E-state index contributed by atoms with van der Waals surface area (Å²) in [6, 6.07) is 9.50. The normalized spacial score (nSPS) is 10.6. The van der Waals surface area contributed by atoms with E-state index in [1.165, 1.54) is 0 Å². The summed E-state index contributed by atoms with van der Waals surface area (Å²) >= 11 is 0. The van der Waals surface area contributed by atoms with Gasteiger partial charge in [0, 0.05) is 12.4 Å². The van der Waals surface area contributed by atoms with E-state index >= 15 is 0 Å². The van der Waals surface area contributed by atoms with Gasteiger partial charge in [-0.2, -0.15) is 0 Å². The van der Waals surface area contributed by atoms with E-state index in [9.17, 15) is 0 Å². The van der Waals surface area contributed by atoms with Crippen molar-refractivity contribution < 1.29 is 9.84 Å². The van der Waals surface area contributed by atoms with Gasteiger partial charge in [-0.3, -0.25) is 0 Å². The van der Waals surface area contributed by atoms with Gasteiger partial charge in [-0.25, -0.2) is 9.97 Å². The molecule has 0 atom stereocenters. The van der Waals surface area contributed by atoms with Crippen LogP contribution in [-0.4, -0.2) is 21.7 Å². The molecule has 0 spiro atoms. The van der Waals surface area contributed by atoms with E-state index in [2.05, 4.69) is 9.97 Å². The molecule has 0 amide bonds. The lowest BCUT2D eigenvalue weighted by Crippen LogP contribution is -1.89. The molecule has 0 saturated carbocycles. The highest BCUT2D eigenvalue weighted by Crippen LogP contribution is 2.17. The molecule has 1 aromatic heterocycles. The predicted molar refractivity (Wildman–Crippen MR) is 64.7 cm³/mol. The quantitative estimate of drug-likeness (QED) is 0.872. The number of aliphatic hydroxyl groups is 1. The Morgan fingerprint density at radius 3 is 2.47 bits per heavy atom. The monoisotopic (exact) mass is 228 g/mol. The van der Waals surface area contributed by atoms with Crippen LogP contribution in [0.5, 0.6) is 11.8 Å². The molecule has 2 aromatic rings. The summed E-state index contributed by atoms with van der Waals surface area (Å²) in [6.07, 6.45) is 6.76. The van der Waals surface area contributed by atoms with E-state index < -0.39 is 0 Å². The zero-order chi connectivity index (χ0) is 11.9. The molecule has 0 radical (unpaired) electrons. The molecular weight excluding hydrogens is 216 g/mol. The van der Waals surface area contributed by atoms with Gasteiger partial charge in [0.2, 0.25) is 0 Å². The maximum absolute atomic E-state index is 8.65. The minimum atomic E-state index is 0.0378. The fourth-order valence-electron chi connectivity index (χ4n) is 1.28. The molecule has 17 heavy (non-hydrogen) atoms. The van der Waals surface area contributed by atoms with Crippen LogP contribution in [0.3, 0.4) is 0 Å². The number of benzene rings is 1. The summed E-state index contributed by atoms with van der Waals surface area (Å²) in [5, 5.41) is 8.65. The molecule has 2 rings (SSSR count). The van der Waals surface area contributed by atoms with Crippen LogP contribution in [0.4, 0.5) is 0 Å². The van der Waals surface area contributed by atoms with Crippen LogP contribution in [0.2, 0.25) is 0 Å². The number of aromatic nitrogens is 2. The van der Waals surface area contributed by atoms with Crippen LogP contribution < -0.4 is 4.74 Å². The molecule has 0 saturated heterocycles. The Bertz CT molecular complexity index is 481. The van der Waals surface area contributed by atoms with Crippen molar-refractivity contribution in [1.29, 1.82) is 0 Å². The smallest absolute Gasteiger partial charge is 0.321 e. The van der Waals surface area contributed by atoms with Crippen molar-refractivity contribution in [2.24, 2.45) is 0 Å². The third kappa shape index (κ3) is 3.39. The summed E-state index contributed by atoms with van der Waals surface area (Å²) in [4.78, 5) is 7.93. The Morgan fingerprint density at radius 1 is 1.12 bits per heavy atom. The van der Waals surface area contributed by atoms with Crippen LogP contribution in [-0.2, 0) is 0 Å². The Hall–Kier alpha value is -2.20. The highest BCUT2D eigenvalue weighted by molar-refractivity contribution is 5.50. The molecule has 0 bridgehead atoms. The molecule has 0 fully saturated rings. The van der Waals surface area contributed by atoms with E-state index in [0.717, 1.165) is 5.56 Å². The second-order valence-electron chi connectivity index (χ2n) is 3.29. The van der Waals surface area contributed by atoms with Gasteiger partial charge in [0.05, 0.1) is 6.61 Å². The summed E-state index contributed by atoms with van der Waals surface area (Å²) in [5.41, 5.74) is 1.00. The first-order valence-electron chi connectivity index (χ1n) is 5.21. The third-order valence-corrected chi connectivity index (χ3v) is 2.05. The molecule has 0 aliphatic rings. The van der Waals surface area contributed by atoms with Gasteiger partial charge in [-0.15, -0.1) is 0 Å². The molecule has 1 heterocycles. The number of ether oxygens (including phenoxy) is 1. The SMILES string of the molecule is OC/C=C/c1ccc(Oc2ncccn2)cc1. The van der Waals surface area contributed by atoms with Crippen molar-refractivity contribution in [2.75, 3.05) is 6.61 Å². The van der Waals surface area contributed by atoms with Gasteiger partial charge in [-0.1, -0.05) is 24.3 Å². The van der Waals surface area contributed by atoms with E-state index in [1.807, 2.05) is 30.3 Å². The van der Waals surface area contributed by atoms with Gasteiger partial charge in [0.1, 0.15) is 5.75 Å². The predicted octanol–water partition coefficient (Wildman–Crippen LogP) is 2.27. The van der Waals surface area contributed by atoms with E-state index in [1.54, 1.807) is 24.5 Å². The molecule has 0 unspecified atom stereocenters. The second-order valence-corrected chi connectivity index (χ2v) is 3.29. The lowest BCUT2D eigenvalue weighted by molar-refractivity contribution is 0.343. The Labute approximate surface area is 99.2 Å². The van der Waals surface area contributed by atoms with Crippen LogP contribution in [0.1, 0.15) is 5.56 Å². The third-order valence-electron chi connectivity index (χ3n) is 2.05. The van der Waals surface area contributed by atoms with Crippen LogP contribution in [0.15, 0.2) is 48.8 Å². The van der Waals surface area contributed by atoms with Gasteiger partial charge in [0.15, 0.2) is 0 Å². The summed E-state index contributed by atoms with van der Waals surface area (Å²) in [5.74, 6) is 0.678. The van der Waals surface area contributed by atoms with E-state index in [0.29, 0.717) is 11.8 Å². The molecular formula is C13H12N2O2. The number of hydrogen-bond donors (Lipinski definition) is 1. The van der Waals surface area contributed by atoms with Gasteiger partial charge >= 0.3 is 6.01 Å². The summed E-state index contributed by atoms with van der Waals surface area (Å²) in [7, 11) is 0. The van der Waals surface area contributed by atoms with Crippen molar-refractivity contribution in [3.8, 4) is 11.8 Å². The average molecular weight is 228 g/mol. The number of rotatable bonds is 4. The van der Waals surface area contributed by atoms with Crippen molar-refractivity contribution in [1.82, 2.24) is 9.97 Å². The fraction of sp³-hybridized carbons (Fsp3) is 0.0769. The van der Waals surface area contributed by atoms with Crippen molar-refractivity contribution in [3.63, 3.8) is 0 Å². The van der Waals surface area contributed by atoms with E-state index in [-0.39, 0.29) is 6.61 Å². The highest BCUT2D eigenvalue weighted by atomic mass is 16.5. The number of nitrogens with zero attached hydrogens (tertiary/aromatic N) is 2. The Balaban J connectivity index is 2.06. The Kier molecular flexibility index (Phi) is 3.83. The maximum Gasteiger partial charge on any atom is 0.321 e. The molecule has 0 aliphatic heterocycles. The van der Waals surface area contributed by atoms with Crippen molar-refractivity contribution >= 4 is 6.08 Å². The zero-order valence-electron chi connectivity index (χ0n) is 9.15. The first-order valence-corrected chi connectivity index (χ1v) is 5.21. The number of hydrogen-bond acceptors (Lipinski definition) is 4. The summed E-state index contributed by atoms with van der Waals surface area (Å²) in [6.45, 7) is 0.0378. The van der Waals surface area contributed by atoms with Crippen molar-refractivity contribution in [2.45, 2.75) is 0 Å². The zero-order valence-corrected chi connectivity index (χ0v) is 9.15. The molecule has 0 aliphatic carbocycles. The van der Waals surface area contributed by atoms with Gasteiger partial charge in [-0.05, 0) is 23.8 Å². The minimum absolute atomic E-state index is 0.0378. The molecule has 4 heteroatoms. The van der Waals surface area contributed by atoms with Crippen LogP contribution in [0.25, 0.3) is 6.08 Å². The maximum atomic E-state index is 8.65. The minimum Gasteiger partial charge on any atom is -0.424 e. The average Bonchev–Trinajstić information content (AvgIpc) is 2.39. The first-order chi connectivity index (χ1) is 8.38. The first kappa shape index (κ1) is 11.3. The van der Waals surface area contributed by atoms with E-state index in [4.69, 9.17) is 9.84 Å². The standard InChI is InChI=1S/C13H12N2O2/c16-10-1-3-11-4-6-12(7-5-11)17-13-14-8-2-9-15-13/h1-9,16H,10H2/b3-1+. The largest absolute Gasteiger partial charge is 0.424 e. The topological polar surface area (TPSA) is 55.2 Å². The molecule has 4 nitrogen and oxygen atoms in total. The number of aliphatic hydroxyl groups excluding tert-OH is 1. The molecule has 1 N–H and O–H groups in total. The Morgan fingerprint density at radius 2 is 1.82 bits per heavy atom. The van der Waals surface area contributed by atoms with Crippen molar-refractivity contribution in [3.05, 3.63) is 54.4 Å². The highest BCUT2D eigenvalue weighted by Gasteiger charge is 1.97.